The van der Waals surface area contributed by atoms with Gasteiger partial charge in [0, 0.05) is 0 Å². The number of aromatic nitrogens is 2. The lowest BCUT2D eigenvalue weighted by atomic mass is 10.1. The van der Waals surface area contributed by atoms with E-state index in [0.29, 0.717) is 6.04 Å². The monoisotopic (exact) mass is 301 g/mol. The molecule has 1 heterocycles. The fraction of sp³-hybridized carbons (Fsp3) is 0.769. The van der Waals surface area contributed by atoms with Gasteiger partial charge in [0.25, 0.3) is 0 Å². The molecule has 3 nitrogen and oxygen atoms in total. The molecule has 0 aliphatic rings. The average Bonchev–Trinajstić information content (AvgIpc) is 2.56. The Bertz CT molecular complexity index is 347. The first-order valence-corrected chi connectivity index (χ1v) is 7.37. The van der Waals surface area contributed by atoms with Crippen molar-refractivity contribution in [1.29, 1.82) is 0 Å². The highest BCUT2D eigenvalue weighted by Crippen LogP contribution is 2.27. The number of aryl methyl sites for hydroxylation is 1. The summed E-state index contributed by atoms with van der Waals surface area (Å²) in [4.78, 5) is 0. The summed E-state index contributed by atoms with van der Waals surface area (Å²) in [5.74, 6) is 0.753. The molecule has 0 aliphatic heterocycles. The minimum atomic E-state index is 0.390. The van der Waals surface area contributed by atoms with Gasteiger partial charge in [-0.2, -0.15) is 5.10 Å². The van der Waals surface area contributed by atoms with Crippen molar-refractivity contribution in [1.82, 2.24) is 9.78 Å². The SMILES string of the molecule is CCCCCCCC(C)n1nc(C)c(Br)c1N. The standard InChI is InChI=1S/C13H24BrN3/c1-4-5-6-7-8-9-10(2)17-13(15)12(14)11(3)16-17/h10H,4-9,15H2,1-3H3. The van der Waals surface area contributed by atoms with Crippen LogP contribution in [0.3, 0.4) is 0 Å². The van der Waals surface area contributed by atoms with Gasteiger partial charge in [0.15, 0.2) is 0 Å². The smallest absolute Gasteiger partial charge is 0.136 e. The van der Waals surface area contributed by atoms with Crippen LogP contribution in [0.4, 0.5) is 5.82 Å². The number of nitrogens with two attached hydrogens (primary N) is 1. The topological polar surface area (TPSA) is 43.8 Å². The van der Waals surface area contributed by atoms with E-state index in [2.05, 4.69) is 34.9 Å². The van der Waals surface area contributed by atoms with Crippen LogP contribution in [0.2, 0.25) is 0 Å². The van der Waals surface area contributed by atoms with Crippen LogP contribution >= 0.6 is 15.9 Å². The maximum absolute atomic E-state index is 6.01. The lowest BCUT2D eigenvalue weighted by Crippen LogP contribution is -2.10. The highest BCUT2D eigenvalue weighted by Gasteiger charge is 2.14. The Hall–Kier alpha value is -0.510. The van der Waals surface area contributed by atoms with Crippen LogP contribution in [0, 0.1) is 6.92 Å². The molecule has 0 spiro atoms. The third-order valence-corrected chi connectivity index (χ3v) is 4.17. The van der Waals surface area contributed by atoms with Crippen molar-refractivity contribution in [3.8, 4) is 0 Å². The number of rotatable bonds is 7. The van der Waals surface area contributed by atoms with Crippen LogP contribution in [0.15, 0.2) is 4.47 Å². The Morgan fingerprint density at radius 3 is 2.47 bits per heavy atom. The van der Waals surface area contributed by atoms with E-state index in [1.54, 1.807) is 0 Å². The van der Waals surface area contributed by atoms with E-state index < -0.39 is 0 Å². The molecule has 0 bridgehead atoms. The molecule has 2 N–H and O–H groups in total. The third kappa shape index (κ3) is 4.02. The summed E-state index contributed by atoms with van der Waals surface area (Å²) in [5.41, 5.74) is 6.98. The van der Waals surface area contributed by atoms with Crippen molar-refractivity contribution in [3.05, 3.63) is 10.2 Å². The Kier molecular flexibility index (Phi) is 6.03. The predicted octanol–water partition coefficient (Wildman–Crippen LogP) is 4.46. The van der Waals surface area contributed by atoms with Gasteiger partial charge in [0.05, 0.1) is 16.2 Å². The fourth-order valence-corrected chi connectivity index (χ4v) is 2.31. The zero-order valence-corrected chi connectivity index (χ0v) is 12.8. The van der Waals surface area contributed by atoms with Gasteiger partial charge in [-0.05, 0) is 36.2 Å². The van der Waals surface area contributed by atoms with Crippen molar-refractivity contribution < 1.29 is 0 Å². The number of hydrogen-bond donors (Lipinski definition) is 1. The molecule has 0 aromatic carbocycles. The normalized spacial score (nSPS) is 12.9. The predicted molar refractivity (Wildman–Crippen MR) is 77.2 cm³/mol. The Balaban J connectivity index is 2.41. The lowest BCUT2D eigenvalue weighted by molar-refractivity contribution is 0.437. The van der Waals surface area contributed by atoms with Crippen molar-refractivity contribution in [3.63, 3.8) is 0 Å². The van der Waals surface area contributed by atoms with E-state index in [-0.39, 0.29) is 0 Å². The molecule has 1 unspecified atom stereocenters. The number of anilines is 1. The minimum Gasteiger partial charge on any atom is -0.383 e. The van der Waals surface area contributed by atoms with Gasteiger partial charge in [-0.3, -0.25) is 0 Å². The third-order valence-electron chi connectivity index (χ3n) is 3.19. The van der Waals surface area contributed by atoms with E-state index in [9.17, 15) is 0 Å². The Labute approximate surface area is 113 Å². The molecule has 98 valence electrons. The number of hydrogen-bond acceptors (Lipinski definition) is 2. The van der Waals surface area contributed by atoms with Gasteiger partial charge in [0.2, 0.25) is 0 Å². The minimum absolute atomic E-state index is 0.390. The van der Waals surface area contributed by atoms with Crippen molar-refractivity contribution in [2.24, 2.45) is 0 Å². The number of nitrogens with zero attached hydrogens (tertiary/aromatic N) is 2. The van der Waals surface area contributed by atoms with Gasteiger partial charge in [-0.15, -0.1) is 0 Å². The molecular formula is C13H24BrN3. The molecule has 0 saturated carbocycles. The van der Waals surface area contributed by atoms with Crippen molar-refractivity contribution in [2.45, 2.75) is 65.3 Å². The van der Waals surface area contributed by atoms with Gasteiger partial charge in [-0.25, -0.2) is 4.68 Å². The molecule has 4 heteroatoms. The van der Waals surface area contributed by atoms with Crippen LogP contribution in [-0.2, 0) is 0 Å². The van der Waals surface area contributed by atoms with E-state index in [4.69, 9.17) is 5.73 Å². The number of nitrogen functional groups attached to an aromatic ring is 1. The highest BCUT2D eigenvalue weighted by atomic mass is 79.9. The Morgan fingerprint density at radius 1 is 1.29 bits per heavy atom. The van der Waals surface area contributed by atoms with Crippen molar-refractivity contribution in [2.75, 3.05) is 5.73 Å². The summed E-state index contributed by atoms with van der Waals surface area (Å²) in [6, 6.07) is 0.390. The maximum atomic E-state index is 6.01. The van der Waals surface area contributed by atoms with E-state index >= 15 is 0 Å². The summed E-state index contributed by atoms with van der Waals surface area (Å²) in [6.07, 6.45) is 7.73. The summed E-state index contributed by atoms with van der Waals surface area (Å²) in [6.45, 7) is 6.41. The first-order valence-electron chi connectivity index (χ1n) is 6.58. The van der Waals surface area contributed by atoms with Crippen LogP contribution in [0.1, 0.15) is 64.1 Å². The van der Waals surface area contributed by atoms with E-state index in [1.807, 2.05) is 11.6 Å². The van der Waals surface area contributed by atoms with Crippen LogP contribution in [0.5, 0.6) is 0 Å². The first kappa shape index (κ1) is 14.6. The summed E-state index contributed by atoms with van der Waals surface area (Å²) < 4.78 is 2.88. The molecule has 0 saturated heterocycles. The lowest BCUT2D eigenvalue weighted by Gasteiger charge is -2.13. The van der Waals surface area contributed by atoms with E-state index in [1.165, 1.54) is 32.1 Å². The van der Waals surface area contributed by atoms with E-state index in [0.717, 1.165) is 22.4 Å². The Morgan fingerprint density at radius 2 is 1.94 bits per heavy atom. The molecular weight excluding hydrogens is 278 g/mol. The quantitative estimate of drug-likeness (QED) is 0.756. The molecule has 0 aliphatic carbocycles. The fourth-order valence-electron chi connectivity index (χ4n) is 2.05. The summed E-state index contributed by atoms with van der Waals surface area (Å²) in [5, 5.41) is 4.47. The second kappa shape index (κ2) is 7.04. The molecule has 0 radical (unpaired) electrons. The molecule has 17 heavy (non-hydrogen) atoms. The van der Waals surface area contributed by atoms with Crippen LogP contribution in [-0.4, -0.2) is 9.78 Å². The maximum Gasteiger partial charge on any atom is 0.136 e. The van der Waals surface area contributed by atoms with Crippen molar-refractivity contribution >= 4 is 21.7 Å². The second-order valence-electron chi connectivity index (χ2n) is 4.78. The van der Waals surface area contributed by atoms with Crippen LogP contribution in [0.25, 0.3) is 0 Å². The molecule has 1 atom stereocenters. The van der Waals surface area contributed by atoms with Gasteiger partial charge < -0.3 is 5.73 Å². The molecule has 0 fully saturated rings. The molecule has 0 amide bonds. The number of halogens is 1. The van der Waals surface area contributed by atoms with Crippen LogP contribution < -0.4 is 5.73 Å². The largest absolute Gasteiger partial charge is 0.383 e. The first-order chi connectivity index (χ1) is 8.07. The molecule has 1 aromatic heterocycles. The molecule has 1 rings (SSSR count). The zero-order chi connectivity index (χ0) is 12.8. The summed E-state index contributed by atoms with van der Waals surface area (Å²) >= 11 is 3.46. The highest BCUT2D eigenvalue weighted by molar-refractivity contribution is 9.10. The van der Waals surface area contributed by atoms with Gasteiger partial charge in [-0.1, -0.05) is 39.0 Å². The van der Waals surface area contributed by atoms with Gasteiger partial charge in [0.1, 0.15) is 5.82 Å². The number of unbranched alkanes of at least 4 members (excludes halogenated alkanes) is 4. The zero-order valence-electron chi connectivity index (χ0n) is 11.2. The summed E-state index contributed by atoms with van der Waals surface area (Å²) in [7, 11) is 0. The molecule has 1 aromatic rings. The van der Waals surface area contributed by atoms with Gasteiger partial charge >= 0.3 is 0 Å². The average molecular weight is 302 g/mol. The second-order valence-corrected chi connectivity index (χ2v) is 5.57.